The molecule has 0 aliphatic rings. The Kier molecular flexibility index (Phi) is 5.69. The van der Waals surface area contributed by atoms with Gasteiger partial charge in [-0.15, -0.1) is 0 Å². The Hall–Kier alpha value is -3.32. The summed E-state index contributed by atoms with van der Waals surface area (Å²) < 4.78 is 6.52. The maximum absolute atomic E-state index is 6.52. The van der Waals surface area contributed by atoms with Crippen molar-refractivity contribution in [3.05, 3.63) is 106 Å². The highest BCUT2D eigenvalue weighted by molar-refractivity contribution is 5.75. The Morgan fingerprint density at radius 2 is 0.774 bits per heavy atom. The van der Waals surface area contributed by atoms with E-state index >= 15 is 0 Å². The van der Waals surface area contributed by atoms with Crippen molar-refractivity contribution < 1.29 is 4.74 Å². The lowest BCUT2D eigenvalue weighted by atomic mass is 9.93. The fraction of sp³-hybridized carbons (Fsp3) is 0.200. The standard InChI is InChI=1S/C30H30O/c1-19-7-13-25(14-8-19)29-21(3)11-17-27(23(29)5)31-28-18-12-22(4)30(24(28)6)26-15-9-20(2)10-16-26/h7-18H,1-6H3. The number of hydrogen-bond donors (Lipinski definition) is 0. The molecule has 0 aliphatic heterocycles. The predicted molar refractivity (Wildman–Crippen MR) is 132 cm³/mol. The van der Waals surface area contributed by atoms with Crippen LogP contribution in [-0.2, 0) is 0 Å². The normalized spacial score (nSPS) is 10.9. The average Bonchev–Trinajstić information content (AvgIpc) is 2.75. The summed E-state index contributed by atoms with van der Waals surface area (Å²) in [6, 6.07) is 25.9. The molecule has 0 N–H and O–H groups in total. The maximum Gasteiger partial charge on any atom is 0.130 e. The van der Waals surface area contributed by atoms with Crippen molar-refractivity contribution in [2.45, 2.75) is 41.5 Å². The summed E-state index contributed by atoms with van der Waals surface area (Å²) >= 11 is 0. The Bertz CT molecular complexity index is 1130. The van der Waals surface area contributed by atoms with Crippen LogP contribution in [0.3, 0.4) is 0 Å². The molecule has 0 aromatic heterocycles. The smallest absolute Gasteiger partial charge is 0.130 e. The number of aryl methyl sites for hydroxylation is 4. The molecule has 0 saturated heterocycles. The van der Waals surface area contributed by atoms with Gasteiger partial charge in [0.25, 0.3) is 0 Å². The van der Waals surface area contributed by atoms with E-state index in [1.807, 2.05) is 0 Å². The zero-order chi connectivity index (χ0) is 22.1. The van der Waals surface area contributed by atoms with Crippen molar-refractivity contribution in [2.75, 3.05) is 0 Å². The van der Waals surface area contributed by atoms with Gasteiger partial charge in [-0.1, -0.05) is 71.8 Å². The van der Waals surface area contributed by atoms with E-state index in [4.69, 9.17) is 4.74 Å². The largest absolute Gasteiger partial charge is 0.457 e. The quantitative estimate of drug-likeness (QED) is 0.329. The van der Waals surface area contributed by atoms with Crippen LogP contribution in [0.5, 0.6) is 11.5 Å². The van der Waals surface area contributed by atoms with Crippen molar-refractivity contribution in [1.82, 2.24) is 0 Å². The molecule has 0 spiro atoms. The second-order valence-electron chi connectivity index (χ2n) is 8.60. The van der Waals surface area contributed by atoms with E-state index in [1.165, 1.54) is 55.6 Å². The lowest BCUT2D eigenvalue weighted by Crippen LogP contribution is -1.97. The molecule has 0 atom stereocenters. The van der Waals surface area contributed by atoms with Gasteiger partial charge >= 0.3 is 0 Å². The lowest BCUT2D eigenvalue weighted by Gasteiger charge is -2.19. The van der Waals surface area contributed by atoms with Gasteiger partial charge in [0.2, 0.25) is 0 Å². The molecule has 0 aliphatic carbocycles. The van der Waals surface area contributed by atoms with Crippen molar-refractivity contribution in [3.8, 4) is 33.8 Å². The molecule has 4 rings (SSSR count). The van der Waals surface area contributed by atoms with Crippen LogP contribution in [0.2, 0.25) is 0 Å². The Labute approximate surface area is 186 Å². The number of rotatable bonds is 4. The third kappa shape index (κ3) is 4.14. The first-order chi connectivity index (χ1) is 14.8. The van der Waals surface area contributed by atoms with Crippen molar-refractivity contribution >= 4 is 0 Å². The highest BCUT2D eigenvalue weighted by Crippen LogP contribution is 2.39. The van der Waals surface area contributed by atoms with Gasteiger partial charge in [0, 0.05) is 0 Å². The van der Waals surface area contributed by atoms with Gasteiger partial charge in [-0.25, -0.2) is 0 Å². The van der Waals surface area contributed by atoms with Crippen LogP contribution in [0, 0.1) is 41.5 Å². The van der Waals surface area contributed by atoms with Crippen LogP contribution in [-0.4, -0.2) is 0 Å². The van der Waals surface area contributed by atoms with E-state index < -0.39 is 0 Å². The molecule has 31 heavy (non-hydrogen) atoms. The summed E-state index contributed by atoms with van der Waals surface area (Å²) in [6.07, 6.45) is 0. The number of hydrogen-bond acceptors (Lipinski definition) is 1. The van der Waals surface area contributed by atoms with Crippen LogP contribution in [0.1, 0.15) is 33.4 Å². The predicted octanol–water partition coefficient (Wildman–Crippen LogP) is 8.66. The molecular formula is C30H30O. The van der Waals surface area contributed by atoms with E-state index in [0.29, 0.717) is 0 Å². The van der Waals surface area contributed by atoms with E-state index in [9.17, 15) is 0 Å². The molecule has 0 unspecified atom stereocenters. The summed E-state index contributed by atoms with van der Waals surface area (Å²) in [7, 11) is 0. The average molecular weight is 407 g/mol. The number of benzene rings is 4. The molecule has 0 bridgehead atoms. The second kappa shape index (κ2) is 8.43. The molecule has 156 valence electrons. The fourth-order valence-electron chi connectivity index (χ4n) is 4.32. The molecule has 0 heterocycles. The van der Waals surface area contributed by atoms with E-state index in [0.717, 1.165) is 11.5 Å². The second-order valence-corrected chi connectivity index (χ2v) is 8.60. The highest BCUT2D eigenvalue weighted by atomic mass is 16.5. The maximum atomic E-state index is 6.52. The third-order valence-electron chi connectivity index (χ3n) is 6.15. The monoisotopic (exact) mass is 406 g/mol. The first-order valence-corrected chi connectivity index (χ1v) is 10.9. The minimum Gasteiger partial charge on any atom is -0.457 e. The third-order valence-corrected chi connectivity index (χ3v) is 6.15. The topological polar surface area (TPSA) is 9.23 Å². The van der Waals surface area contributed by atoms with Crippen LogP contribution >= 0.6 is 0 Å². The Morgan fingerprint density at radius 1 is 0.419 bits per heavy atom. The summed E-state index contributed by atoms with van der Waals surface area (Å²) in [5, 5.41) is 0. The van der Waals surface area contributed by atoms with Gasteiger partial charge in [0.05, 0.1) is 0 Å². The van der Waals surface area contributed by atoms with Gasteiger partial charge in [0.15, 0.2) is 0 Å². The van der Waals surface area contributed by atoms with Crippen LogP contribution < -0.4 is 4.74 Å². The molecule has 4 aromatic rings. The highest BCUT2D eigenvalue weighted by Gasteiger charge is 2.15. The van der Waals surface area contributed by atoms with E-state index in [1.54, 1.807) is 0 Å². The van der Waals surface area contributed by atoms with E-state index in [-0.39, 0.29) is 0 Å². The van der Waals surface area contributed by atoms with Crippen molar-refractivity contribution in [3.63, 3.8) is 0 Å². The van der Waals surface area contributed by atoms with Gasteiger partial charge in [0.1, 0.15) is 11.5 Å². The van der Waals surface area contributed by atoms with Crippen LogP contribution in [0.4, 0.5) is 0 Å². The first kappa shape index (κ1) is 20.9. The first-order valence-electron chi connectivity index (χ1n) is 10.9. The lowest BCUT2D eigenvalue weighted by molar-refractivity contribution is 0.475. The van der Waals surface area contributed by atoms with E-state index in [2.05, 4.69) is 114 Å². The molecule has 0 amide bonds. The molecule has 1 nitrogen and oxygen atoms in total. The molecule has 0 saturated carbocycles. The minimum absolute atomic E-state index is 0.906. The molecule has 0 fully saturated rings. The molecule has 1 heteroatoms. The van der Waals surface area contributed by atoms with Gasteiger partial charge in [-0.05, 0) is 98.2 Å². The summed E-state index contributed by atoms with van der Waals surface area (Å²) in [5.74, 6) is 1.81. The number of ether oxygens (including phenoxy) is 1. The fourth-order valence-corrected chi connectivity index (χ4v) is 4.32. The summed E-state index contributed by atoms with van der Waals surface area (Å²) in [5.41, 5.74) is 12.3. The summed E-state index contributed by atoms with van der Waals surface area (Å²) in [6.45, 7) is 12.9. The Morgan fingerprint density at radius 3 is 1.13 bits per heavy atom. The molecule has 0 radical (unpaired) electrons. The van der Waals surface area contributed by atoms with Gasteiger partial charge < -0.3 is 4.74 Å². The van der Waals surface area contributed by atoms with Crippen molar-refractivity contribution in [2.24, 2.45) is 0 Å². The zero-order valence-electron chi connectivity index (χ0n) is 19.3. The molecule has 4 aromatic carbocycles. The SMILES string of the molecule is Cc1ccc(-c2c(C)ccc(Oc3ccc(C)c(-c4ccc(C)cc4)c3C)c2C)cc1. The van der Waals surface area contributed by atoms with Crippen LogP contribution in [0.15, 0.2) is 72.8 Å². The Balaban J connectivity index is 1.77. The zero-order valence-corrected chi connectivity index (χ0v) is 19.3. The molecular weight excluding hydrogens is 376 g/mol. The minimum atomic E-state index is 0.906. The van der Waals surface area contributed by atoms with Crippen molar-refractivity contribution in [1.29, 1.82) is 0 Å². The summed E-state index contributed by atoms with van der Waals surface area (Å²) in [4.78, 5) is 0. The van der Waals surface area contributed by atoms with Gasteiger partial charge in [-0.2, -0.15) is 0 Å². The van der Waals surface area contributed by atoms with Crippen LogP contribution in [0.25, 0.3) is 22.3 Å². The van der Waals surface area contributed by atoms with Gasteiger partial charge in [-0.3, -0.25) is 0 Å².